The van der Waals surface area contributed by atoms with Crippen molar-refractivity contribution in [2.24, 2.45) is 0 Å². The predicted molar refractivity (Wildman–Crippen MR) is 181 cm³/mol. The van der Waals surface area contributed by atoms with Crippen LogP contribution in [0.15, 0.2) is 0 Å². The third-order valence-electron chi connectivity index (χ3n) is 9.44. The van der Waals surface area contributed by atoms with E-state index >= 15 is 0 Å². The van der Waals surface area contributed by atoms with Crippen LogP contribution in [0.5, 0.6) is 0 Å². The molecule has 2 heteroatoms. The van der Waals surface area contributed by atoms with Crippen molar-refractivity contribution in [2.75, 3.05) is 26.2 Å². The molecule has 0 spiro atoms. The molecule has 1 nitrogen and oxygen atoms in total. The summed E-state index contributed by atoms with van der Waals surface area (Å²) in [7, 11) is 0. The van der Waals surface area contributed by atoms with Gasteiger partial charge in [-0.3, -0.25) is 0 Å². The number of nitrogens with zero attached hydrogens (tertiary/aromatic N) is 1. The van der Waals surface area contributed by atoms with Gasteiger partial charge in [-0.15, -0.1) is 0 Å². The highest BCUT2D eigenvalue weighted by Gasteiger charge is 2.25. The number of unbranched alkanes of at least 4 members (excludes halogenated alkanes) is 26. The fourth-order valence-electron chi connectivity index (χ4n) is 6.64. The van der Waals surface area contributed by atoms with Crippen molar-refractivity contribution < 1.29 is 28.5 Å². The van der Waals surface area contributed by atoms with Crippen LogP contribution in [0.1, 0.15) is 220 Å². The van der Waals surface area contributed by atoms with Crippen molar-refractivity contribution in [3.8, 4) is 0 Å². The Balaban J connectivity index is 0. The van der Waals surface area contributed by atoms with Crippen LogP contribution in [-0.4, -0.2) is 30.7 Å². The molecule has 0 fully saturated rings. The van der Waals surface area contributed by atoms with Gasteiger partial charge in [0.25, 0.3) is 0 Å². The molecule has 40 heavy (non-hydrogen) atoms. The van der Waals surface area contributed by atoms with Crippen molar-refractivity contribution in [1.29, 1.82) is 0 Å². The Kier molecular flexibility index (Phi) is 38.4. The molecule has 0 amide bonds. The first-order valence-electron chi connectivity index (χ1n) is 19.1. The fraction of sp³-hybridized carbons (Fsp3) is 1.00. The van der Waals surface area contributed by atoms with E-state index in [2.05, 4.69) is 27.7 Å². The predicted octanol–water partition coefficient (Wildman–Crippen LogP) is 10.6. The Morgan fingerprint density at radius 3 is 0.550 bits per heavy atom. The first-order valence-corrected chi connectivity index (χ1v) is 19.1. The van der Waals surface area contributed by atoms with Crippen LogP contribution in [0.2, 0.25) is 0 Å². The topological polar surface area (TPSA) is 0 Å². The van der Waals surface area contributed by atoms with E-state index in [4.69, 9.17) is 0 Å². The summed E-state index contributed by atoms with van der Waals surface area (Å²) < 4.78 is 1.48. The number of rotatable bonds is 34. The summed E-state index contributed by atoms with van der Waals surface area (Å²) in [6.45, 7) is 15.3. The van der Waals surface area contributed by atoms with Gasteiger partial charge in [0.2, 0.25) is 0 Å². The normalized spacial score (nSPS) is 11.7. The molecule has 0 bridgehead atoms. The highest BCUT2D eigenvalue weighted by atomic mass is 127. The lowest BCUT2D eigenvalue weighted by Crippen LogP contribution is -3.00. The molecule has 0 aliphatic heterocycles. The van der Waals surface area contributed by atoms with Gasteiger partial charge in [-0.2, -0.15) is 0 Å². The average Bonchev–Trinajstić information content (AvgIpc) is 2.95. The van der Waals surface area contributed by atoms with Gasteiger partial charge in [0.15, 0.2) is 0 Å². The highest BCUT2D eigenvalue weighted by Crippen LogP contribution is 2.21. The van der Waals surface area contributed by atoms with E-state index in [0.29, 0.717) is 0 Å². The lowest BCUT2D eigenvalue weighted by atomic mass is 10.0. The molecule has 0 atom stereocenters. The first kappa shape index (κ1) is 42.8. The summed E-state index contributed by atoms with van der Waals surface area (Å²) in [5, 5.41) is 0. The number of hydrogen-bond donors (Lipinski definition) is 0. The molecule has 244 valence electrons. The standard InChI is InChI=1S/C38H80N.HI/c1-5-9-13-17-21-22-23-24-25-26-30-34-38-39(35-31-27-18-14-10-6-2,36-32-28-19-15-11-7-3)37-33-29-20-16-12-8-4;/h5-38H2,1-4H3;1H/q+1;/p-1. The molecule has 0 aromatic heterocycles. The first-order chi connectivity index (χ1) is 19.2. The van der Waals surface area contributed by atoms with E-state index in [9.17, 15) is 0 Å². The fourth-order valence-corrected chi connectivity index (χ4v) is 6.64. The van der Waals surface area contributed by atoms with Gasteiger partial charge in [-0.05, 0) is 51.4 Å². The third-order valence-corrected chi connectivity index (χ3v) is 9.44. The second-order valence-corrected chi connectivity index (χ2v) is 13.4. The van der Waals surface area contributed by atoms with Gasteiger partial charge >= 0.3 is 0 Å². The maximum absolute atomic E-state index is 2.34. The Labute approximate surface area is 273 Å². The second kappa shape index (κ2) is 35.9. The molecule has 0 heterocycles. The third kappa shape index (κ3) is 30.2. The molecule has 0 saturated carbocycles. The van der Waals surface area contributed by atoms with E-state index < -0.39 is 0 Å². The second-order valence-electron chi connectivity index (χ2n) is 13.4. The van der Waals surface area contributed by atoms with Gasteiger partial charge in [0, 0.05) is 0 Å². The summed E-state index contributed by atoms with van der Waals surface area (Å²) in [6, 6.07) is 0. The van der Waals surface area contributed by atoms with E-state index in [1.54, 1.807) is 0 Å². The average molecular weight is 678 g/mol. The number of halogens is 1. The van der Waals surface area contributed by atoms with E-state index in [1.165, 1.54) is 223 Å². The lowest BCUT2D eigenvalue weighted by molar-refractivity contribution is -0.929. The van der Waals surface area contributed by atoms with Crippen molar-refractivity contribution in [1.82, 2.24) is 0 Å². The maximum Gasteiger partial charge on any atom is 0.0786 e. The molecule has 0 radical (unpaired) electrons. The molecule has 0 aromatic rings. The lowest BCUT2D eigenvalue weighted by Gasteiger charge is -2.40. The molecule has 0 rings (SSSR count). The Hall–Kier alpha value is 0.690. The zero-order chi connectivity index (χ0) is 28.5. The molecule has 0 N–H and O–H groups in total. The van der Waals surface area contributed by atoms with Gasteiger partial charge < -0.3 is 28.5 Å². The van der Waals surface area contributed by atoms with Gasteiger partial charge in [0.1, 0.15) is 0 Å². The minimum absolute atomic E-state index is 0. The van der Waals surface area contributed by atoms with Crippen molar-refractivity contribution in [3.63, 3.8) is 0 Å². The number of quaternary nitrogens is 1. The van der Waals surface area contributed by atoms with Gasteiger partial charge in [-0.25, -0.2) is 0 Å². The molecule has 0 aliphatic rings. The zero-order valence-electron chi connectivity index (χ0n) is 28.9. The van der Waals surface area contributed by atoms with Crippen LogP contribution in [0.4, 0.5) is 0 Å². The highest BCUT2D eigenvalue weighted by molar-refractivity contribution is 4.55. The van der Waals surface area contributed by atoms with Crippen molar-refractivity contribution in [2.45, 2.75) is 220 Å². The van der Waals surface area contributed by atoms with Crippen LogP contribution in [0.3, 0.4) is 0 Å². The van der Waals surface area contributed by atoms with Crippen LogP contribution < -0.4 is 24.0 Å². The maximum atomic E-state index is 2.34. The molecule has 0 saturated heterocycles. The van der Waals surface area contributed by atoms with Crippen molar-refractivity contribution >= 4 is 0 Å². The summed E-state index contributed by atoms with van der Waals surface area (Å²) in [5.74, 6) is 0. The summed E-state index contributed by atoms with van der Waals surface area (Å²) >= 11 is 0. The molecular formula is C38H80IN. The van der Waals surface area contributed by atoms with Crippen molar-refractivity contribution in [3.05, 3.63) is 0 Å². The van der Waals surface area contributed by atoms with Crippen LogP contribution in [0, 0.1) is 0 Å². The summed E-state index contributed by atoms with van der Waals surface area (Å²) in [5.41, 5.74) is 0. The Bertz CT molecular complexity index is 396. The summed E-state index contributed by atoms with van der Waals surface area (Å²) in [6.07, 6.45) is 43.7. The van der Waals surface area contributed by atoms with E-state index in [0.717, 1.165) is 0 Å². The zero-order valence-corrected chi connectivity index (χ0v) is 31.0. The van der Waals surface area contributed by atoms with Gasteiger partial charge in [0.05, 0.1) is 26.2 Å². The molecule has 0 aliphatic carbocycles. The van der Waals surface area contributed by atoms with E-state index in [-0.39, 0.29) is 24.0 Å². The van der Waals surface area contributed by atoms with Gasteiger partial charge in [-0.1, -0.05) is 169 Å². The largest absolute Gasteiger partial charge is 1.00 e. The quantitative estimate of drug-likeness (QED) is 0.0361. The Morgan fingerprint density at radius 2 is 0.375 bits per heavy atom. The van der Waals surface area contributed by atoms with Crippen LogP contribution in [0.25, 0.3) is 0 Å². The van der Waals surface area contributed by atoms with Crippen LogP contribution in [-0.2, 0) is 0 Å². The molecule has 0 aromatic carbocycles. The smallest absolute Gasteiger partial charge is 0.0786 e. The SMILES string of the molecule is CCCCCCCCCCCCCC[N+](CCCCCCCC)(CCCCCCCC)CCCCCCCC.[I-]. The minimum atomic E-state index is 0. The Morgan fingerprint density at radius 1 is 0.225 bits per heavy atom. The van der Waals surface area contributed by atoms with E-state index in [1.807, 2.05) is 0 Å². The monoisotopic (exact) mass is 678 g/mol. The van der Waals surface area contributed by atoms with Crippen LogP contribution >= 0.6 is 0 Å². The number of hydrogen-bond acceptors (Lipinski definition) is 0. The summed E-state index contributed by atoms with van der Waals surface area (Å²) in [4.78, 5) is 0. The molecule has 0 unspecified atom stereocenters. The minimum Gasteiger partial charge on any atom is -1.00 e. The molecular weight excluding hydrogens is 597 g/mol.